The van der Waals surface area contributed by atoms with Gasteiger partial charge in [-0.15, -0.1) is 0 Å². The molecule has 2 aliphatic rings. The molecule has 9 aromatic carbocycles. The Kier molecular flexibility index (Phi) is 6.88. The van der Waals surface area contributed by atoms with Crippen LogP contribution in [0.3, 0.4) is 0 Å². The van der Waals surface area contributed by atoms with Gasteiger partial charge in [-0.3, -0.25) is 0 Å². The zero-order valence-electron chi connectivity index (χ0n) is 31.2. The van der Waals surface area contributed by atoms with Crippen molar-refractivity contribution in [2.24, 2.45) is 0 Å². The van der Waals surface area contributed by atoms with E-state index in [0.29, 0.717) is 0 Å². The van der Waals surface area contributed by atoms with Gasteiger partial charge < -0.3 is 9.47 Å². The molecule has 0 amide bonds. The number of para-hydroxylation sites is 3. The van der Waals surface area contributed by atoms with Gasteiger partial charge in [0, 0.05) is 27.8 Å². The predicted molar refractivity (Wildman–Crippen MR) is 237 cm³/mol. The van der Waals surface area contributed by atoms with Crippen LogP contribution in [-0.2, 0) is 5.41 Å². The Bertz CT molecular complexity index is 3110. The van der Waals surface area contributed by atoms with E-state index in [-0.39, 0.29) is 0 Å². The van der Waals surface area contributed by atoms with Gasteiger partial charge in [0.1, 0.15) is 0 Å². The van der Waals surface area contributed by atoms with Gasteiger partial charge in [-0.1, -0.05) is 170 Å². The number of anilines is 3. The van der Waals surface area contributed by atoms with Crippen molar-refractivity contribution in [3.05, 3.63) is 241 Å². The van der Waals surface area contributed by atoms with E-state index in [1.807, 2.05) is 0 Å². The van der Waals surface area contributed by atoms with Crippen LogP contribution in [0.2, 0.25) is 0 Å². The van der Waals surface area contributed by atoms with E-state index in [0.717, 1.165) is 22.7 Å². The van der Waals surface area contributed by atoms with E-state index < -0.39 is 5.41 Å². The summed E-state index contributed by atoms with van der Waals surface area (Å²) < 4.78 is 2.47. The van der Waals surface area contributed by atoms with Crippen LogP contribution in [0.1, 0.15) is 22.3 Å². The van der Waals surface area contributed by atoms with Crippen molar-refractivity contribution < 1.29 is 0 Å². The third-order valence-electron chi connectivity index (χ3n) is 12.4. The molecular weight excluding hydrogens is 689 g/mol. The number of hydrogen-bond donors (Lipinski definition) is 0. The molecule has 0 aliphatic heterocycles. The lowest BCUT2D eigenvalue weighted by molar-refractivity contribution is 0.793. The number of nitrogens with zero attached hydrogens (tertiary/aromatic N) is 2. The fraction of sp³-hybridized carbons (Fsp3) is 0.0182. The topological polar surface area (TPSA) is 8.17 Å². The molecule has 0 N–H and O–H groups in total. The summed E-state index contributed by atoms with van der Waals surface area (Å²) >= 11 is 0. The first-order valence-corrected chi connectivity index (χ1v) is 19.8. The molecule has 2 heteroatoms. The Morgan fingerprint density at radius 2 is 0.877 bits per heavy atom. The number of aromatic nitrogens is 1. The van der Waals surface area contributed by atoms with E-state index in [4.69, 9.17) is 0 Å². The van der Waals surface area contributed by atoms with Gasteiger partial charge in [0.15, 0.2) is 0 Å². The second kappa shape index (κ2) is 12.3. The van der Waals surface area contributed by atoms with Crippen LogP contribution >= 0.6 is 0 Å². The van der Waals surface area contributed by atoms with Crippen LogP contribution in [0, 0.1) is 0 Å². The zero-order valence-corrected chi connectivity index (χ0v) is 31.2. The number of fused-ring (bicyclic) bond motifs is 13. The quantitative estimate of drug-likeness (QED) is 0.172. The van der Waals surface area contributed by atoms with Crippen molar-refractivity contribution in [1.29, 1.82) is 0 Å². The molecule has 0 atom stereocenters. The molecule has 2 nitrogen and oxygen atoms in total. The molecule has 0 saturated carbocycles. The summed E-state index contributed by atoms with van der Waals surface area (Å²) in [7, 11) is 0. The highest BCUT2D eigenvalue weighted by Crippen LogP contribution is 2.63. The summed E-state index contributed by atoms with van der Waals surface area (Å²) in [5, 5.41) is 2.47. The number of hydrogen-bond acceptors (Lipinski definition) is 1. The summed E-state index contributed by atoms with van der Waals surface area (Å²) in [6.45, 7) is 0. The smallest absolute Gasteiger partial charge is 0.0788 e. The summed E-state index contributed by atoms with van der Waals surface area (Å²) in [5.74, 6) is 0. The third kappa shape index (κ3) is 4.41. The second-order valence-electron chi connectivity index (χ2n) is 15.2. The molecule has 1 spiro atoms. The Morgan fingerprint density at radius 3 is 1.53 bits per heavy atom. The lowest BCUT2D eigenvalue weighted by Crippen LogP contribution is -2.26. The van der Waals surface area contributed by atoms with Gasteiger partial charge in [0.25, 0.3) is 0 Å². The van der Waals surface area contributed by atoms with E-state index >= 15 is 0 Å². The van der Waals surface area contributed by atoms with Crippen LogP contribution in [0.25, 0.3) is 60.9 Å². The van der Waals surface area contributed by atoms with E-state index in [2.05, 4.69) is 228 Å². The van der Waals surface area contributed by atoms with Gasteiger partial charge in [0.2, 0.25) is 0 Å². The highest BCUT2D eigenvalue weighted by atomic mass is 15.2. The van der Waals surface area contributed by atoms with E-state index in [1.165, 1.54) is 77.4 Å². The van der Waals surface area contributed by atoms with Crippen molar-refractivity contribution in [3.8, 4) is 39.1 Å². The number of benzene rings is 9. The molecule has 2 aliphatic carbocycles. The monoisotopic (exact) mass is 724 g/mol. The molecule has 12 rings (SSSR count). The minimum absolute atomic E-state index is 0.442. The average molecular weight is 725 g/mol. The molecule has 0 radical (unpaired) electrons. The molecule has 10 aromatic rings. The summed E-state index contributed by atoms with van der Waals surface area (Å²) in [6, 6.07) is 80.5. The maximum Gasteiger partial charge on any atom is 0.0788 e. The molecule has 57 heavy (non-hydrogen) atoms. The van der Waals surface area contributed by atoms with Crippen molar-refractivity contribution in [2.45, 2.75) is 5.41 Å². The van der Waals surface area contributed by atoms with Crippen molar-refractivity contribution in [3.63, 3.8) is 0 Å². The lowest BCUT2D eigenvalue weighted by atomic mass is 9.70. The van der Waals surface area contributed by atoms with Gasteiger partial charge in [-0.05, 0) is 104 Å². The Balaban J connectivity index is 1.20. The van der Waals surface area contributed by atoms with E-state index in [9.17, 15) is 0 Å². The SMILES string of the molecule is c1ccc(-c2ccc(N(c3ccccc3)c3ccc4c(c3)C3(c5ccccc5-c5ccccc53)c3ccccc3-4)c3c2c2ccccc2n3-c2ccccc2)cc1. The molecule has 0 unspecified atom stereocenters. The number of rotatable bonds is 5. The maximum absolute atomic E-state index is 2.49. The lowest BCUT2D eigenvalue weighted by Gasteiger charge is -2.32. The minimum Gasteiger partial charge on any atom is -0.308 e. The molecule has 1 heterocycles. The van der Waals surface area contributed by atoms with Gasteiger partial charge in [-0.25, -0.2) is 0 Å². The average Bonchev–Trinajstić information content (AvgIpc) is 3.90. The highest BCUT2D eigenvalue weighted by Gasteiger charge is 2.51. The first kappa shape index (κ1) is 31.9. The summed E-state index contributed by atoms with van der Waals surface area (Å²) in [5.41, 5.74) is 19.4. The fourth-order valence-corrected chi connectivity index (χ4v) is 10.2. The largest absolute Gasteiger partial charge is 0.308 e. The van der Waals surface area contributed by atoms with Gasteiger partial charge >= 0.3 is 0 Å². The molecule has 266 valence electrons. The first-order valence-electron chi connectivity index (χ1n) is 19.8. The Morgan fingerprint density at radius 1 is 0.368 bits per heavy atom. The van der Waals surface area contributed by atoms with Gasteiger partial charge in [-0.2, -0.15) is 0 Å². The fourth-order valence-electron chi connectivity index (χ4n) is 10.2. The zero-order chi connectivity index (χ0) is 37.5. The predicted octanol–water partition coefficient (Wildman–Crippen LogP) is 14.3. The van der Waals surface area contributed by atoms with Crippen LogP contribution in [0.15, 0.2) is 218 Å². The molecule has 0 bridgehead atoms. The minimum atomic E-state index is -0.442. The van der Waals surface area contributed by atoms with Crippen LogP contribution in [0.5, 0.6) is 0 Å². The van der Waals surface area contributed by atoms with Gasteiger partial charge in [0.05, 0.1) is 22.1 Å². The molecule has 0 saturated heterocycles. The van der Waals surface area contributed by atoms with Crippen molar-refractivity contribution >= 4 is 38.9 Å². The van der Waals surface area contributed by atoms with Crippen LogP contribution < -0.4 is 4.90 Å². The third-order valence-corrected chi connectivity index (χ3v) is 12.4. The second-order valence-corrected chi connectivity index (χ2v) is 15.2. The van der Waals surface area contributed by atoms with Crippen molar-refractivity contribution in [2.75, 3.05) is 4.90 Å². The normalized spacial score (nSPS) is 13.1. The first-order chi connectivity index (χ1) is 28.3. The van der Waals surface area contributed by atoms with Crippen LogP contribution in [-0.4, -0.2) is 4.57 Å². The summed E-state index contributed by atoms with van der Waals surface area (Å²) in [6.07, 6.45) is 0. The summed E-state index contributed by atoms with van der Waals surface area (Å²) in [4.78, 5) is 2.49. The highest BCUT2D eigenvalue weighted by molar-refractivity contribution is 6.20. The standard InChI is InChI=1S/C55H36N2/c1-4-18-37(19-5-1)41-34-35-52(54-53(41)46-27-13-17-31-51(46)57(54)39-22-8-3-9-23-39)56(38-20-6-2-7-21-38)40-32-33-45-44-26-12-16-30-49(44)55(50(45)36-40)47-28-14-10-24-42(47)43-25-11-15-29-48(43)55/h1-36H. The van der Waals surface area contributed by atoms with E-state index in [1.54, 1.807) is 0 Å². The molecule has 1 aromatic heterocycles. The molecule has 0 fully saturated rings. The Labute approximate surface area is 332 Å². The maximum atomic E-state index is 2.49. The van der Waals surface area contributed by atoms with Crippen LogP contribution in [0.4, 0.5) is 17.1 Å². The Hall–Kier alpha value is -7.42. The van der Waals surface area contributed by atoms with Crippen molar-refractivity contribution in [1.82, 2.24) is 4.57 Å². The molecular formula is C55H36N2.